The number of anilines is 2. The summed E-state index contributed by atoms with van der Waals surface area (Å²) in [6.07, 6.45) is 10.7. The van der Waals surface area contributed by atoms with E-state index in [0.29, 0.717) is 12.4 Å². The predicted molar refractivity (Wildman–Crippen MR) is 158 cm³/mol. The van der Waals surface area contributed by atoms with E-state index in [-0.39, 0.29) is 11.9 Å². The van der Waals surface area contributed by atoms with E-state index in [0.717, 1.165) is 81.4 Å². The minimum atomic E-state index is -0.0111. The maximum atomic E-state index is 12.1. The maximum absolute atomic E-state index is 12.1. The highest BCUT2D eigenvalue weighted by atomic mass is 16.5. The number of carbonyl (C=O) groups excluding carboxylic acids is 1. The Kier molecular flexibility index (Phi) is 16.7. The van der Waals surface area contributed by atoms with Gasteiger partial charge in [-0.1, -0.05) is 76.8 Å². The number of ether oxygens (including phenoxy) is 1. The number of nitrogens with zero attached hydrogens (tertiary/aromatic N) is 2. The fourth-order valence-electron chi connectivity index (χ4n) is 4.46. The van der Waals surface area contributed by atoms with Crippen molar-refractivity contribution in [3.05, 3.63) is 53.2 Å². The van der Waals surface area contributed by atoms with E-state index in [4.69, 9.17) is 15.9 Å². The number of carbonyl (C=O) groups is 1. The number of nitrogen functional groups attached to an aromatic ring is 1. The first kappa shape index (κ1) is 32.1. The van der Waals surface area contributed by atoms with Crippen LogP contribution >= 0.6 is 0 Å². The summed E-state index contributed by atoms with van der Waals surface area (Å²) in [6, 6.07) is 12.0. The smallest absolute Gasteiger partial charge is 0.308 e. The molecular formula is C31H50N4O2. The molecule has 3 rings (SSSR count). The molecule has 1 saturated carbocycles. The molecule has 1 aromatic carbocycles. The summed E-state index contributed by atoms with van der Waals surface area (Å²) in [5.41, 5.74) is 10.3. The average Bonchev–Trinajstić information content (AvgIpc) is 2.92. The van der Waals surface area contributed by atoms with E-state index in [9.17, 15) is 4.79 Å². The summed E-state index contributed by atoms with van der Waals surface area (Å²) < 4.78 is 5.48. The first-order chi connectivity index (χ1) is 18.0. The van der Waals surface area contributed by atoms with Gasteiger partial charge in [-0.15, -0.1) is 0 Å². The number of nitrogens with one attached hydrogen (secondary N) is 1. The molecule has 1 heterocycles. The lowest BCUT2D eigenvalue weighted by Gasteiger charge is -2.24. The normalized spacial score (nSPS) is 12.9. The van der Waals surface area contributed by atoms with Crippen molar-refractivity contribution in [3.8, 4) is 0 Å². The Morgan fingerprint density at radius 2 is 1.78 bits per heavy atom. The summed E-state index contributed by atoms with van der Waals surface area (Å²) >= 11 is 0. The summed E-state index contributed by atoms with van der Waals surface area (Å²) in [6.45, 7) is 12.9. The molecular weight excluding hydrogens is 460 g/mol. The molecule has 0 radical (unpaired) electrons. The number of esters is 1. The van der Waals surface area contributed by atoms with E-state index in [1.165, 1.54) is 18.2 Å². The van der Waals surface area contributed by atoms with E-state index < -0.39 is 0 Å². The van der Waals surface area contributed by atoms with Crippen LogP contribution in [0.3, 0.4) is 0 Å². The Labute approximate surface area is 225 Å². The van der Waals surface area contributed by atoms with Crippen molar-refractivity contribution in [2.45, 2.75) is 92.4 Å². The third kappa shape index (κ3) is 12.8. The SMILES string of the molecule is CC.CCCN(CCC)c1cc(N)nc(CCCOC(=O)C2CCCCC2)c1.Cc1cccc(C=N)c1. The van der Waals surface area contributed by atoms with E-state index in [1.807, 2.05) is 51.1 Å². The number of hydrogen-bond acceptors (Lipinski definition) is 6. The standard InChI is InChI=1S/C21H35N3O2.C8H9N.C2H6/c1-3-12-24(13-4-2)19-15-18(23-20(22)16-19)11-8-14-26-21(25)17-9-6-5-7-10-17;1-7-3-2-4-8(5-7)6-9;1-2/h15-17H,3-14H2,1-2H3,(H2,22,23);2-6,9H,1H3;1-2H3. The van der Waals surface area contributed by atoms with Gasteiger partial charge in [0.2, 0.25) is 0 Å². The largest absolute Gasteiger partial charge is 0.465 e. The van der Waals surface area contributed by atoms with Gasteiger partial charge in [-0.05, 0) is 57.1 Å². The van der Waals surface area contributed by atoms with Gasteiger partial charge in [0.25, 0.3) is 0 Å². The minimum Gasteiger partial charge on any atom is -0.465 e. The van der Waals surface area contributed by atoms with Crippen LogP contribution in [0, 0.1) is 18.3 Å². The van der Waals surface area contributed by atoms with Crippen molar-refractivity contribution < 1.29 is 9.53 Å². The highest BCUT2D eigenvalue weighted by Crippen LogP contribution is 2.25. The van der Waals surface area contributed by atoms with Crippen molar-refractivity contribution in [1.82, 2.24) is 4.98 Å². The summed E-state index contributed by atoms with van der Waals surface area (Å²) in [4.78, 5) is 18.9. The highest BCUT2D eigenvalue weighted by Gasteiger charge is 2.22. The molecule has 1 aliphatic rings. The van der Waals surface area contributed by atoms with Gasteiger partial charge in [-0.3, -0.25) is 4.79 Å². The molecule has 0 saturated heterocycles. The zero-order chi connectivity index (χ0) is 27.5. The van der Waals surface area contributed by atoms with E-state index >= 15 is 0 Å². The second-order valence-electron chi connectivity index (χ2n) is 9.39. The van der Waals surface area contributed by atoms with Gasteiger partial charge < -0.3 is 20.8 Å². The van der Waals surface area contributed by atoms with Gasteiger partial charge in [-0.25, -0.2) is 4.98 Å². The van der Waals surface area contributed by atoms with Gasteiger partial charge in [-0.2, -0.15) is 0 Å². The van der Waals surface area contributed by atoms with Crippen LogP contribution in [0.5, 0.6) is 0 Å². The number of aromatic nitrogens is 1. The van der Waals surface area contributed by atoms with Crippen molar-refractivity contribution in [3.63, 3.8) is 0 Å². The fraction of sp³-hybridized carbons (Fsp3) is 0.581. The second-order valence-corrected chi connectivity index (χ2v) is 9.39. The number of aryl methyl sites for hydroxylation is 2. The lowest BCUT2D eigenvalue weighted by molar-refractivity contribution is -0.149. The van der Waals surface area contributed by atoms with Crippen LogP contribution in [0.25, 0.3) is 0 Å². The molecule has 2 aromatic rings. The molecule has 1 fully saturated rings. The lowest BCUT2D eigenvalue weighted by Crippen LogP contribution is -2.25. The third-order valence-corrected chi connectivity index (χ3v) is 6.20. The molecule has 0 atom stereocenters. The van der Waals surface area contributed by atoms with Gasteiger partial charge in [0, 0.05) is 36.8 Å². The topological polar surface area (TPSA) is 92.3 Å². The number of rotatable bonds is 11. The van der Waals surface area contributed by atoms with Crippen molar-refractivity contribution >= 4 is 23.7 Å². The lowest BCUT2D eigenvalue weighted by atomic mass is 9.89. The Morgan fingerprint density at radius 1 is 1.11 bits per heavy atom. The zero-order valence-corrected chi connectivity index (χ0v) is 23.9. The number of benzene rings is 1. The minimum absolute atomic E-state index is 0.0111. The molecule has 0 aliphatic heterocycles. The van der Waals surface area contributed by atoms with Gasteiger partial charge in [0.05, 0.1) is 12.5 Å². The molecule has 0 bridgehead atoms. The number of hydrogen-bond donors (Lipinski definition) is 2. The van der Waals surface area contributed by atoms with Gasteiger partial charge in [0.15, 0.2) is 0 Å². The summed E-state index contributed by atoms with van der Waals surface area (Å²) in [5.74, 6) is 0.675. The molecule has 1 aliphatic carbocycles. The second kappa shape index (κ2) is 19.3. The van der Waals surface area contributed by atoms with Crippen molar-refractivity contribution in [2.24, 2.45) is 5.92 Å². The van der Waals surface area contributed by atoms with Crippen LogP contribution in [0.1, 0.15) is 95.9 Å². The maximum Gasteiger partial charge on any atom is 0.308 e. The Morgan fingerprint density at radius 3 is 2.35 bits per heavy atom. The van der Waals surface area contributed by atoms with Crippen LogP contribution < -0.4 is 10.6 Å². The predicted octanol–water partition coefficient (Wildman–Crippen LogP) is 7.37. The van der Waals surface area contributed by atoms with Crippen LogP contribution in [0.15, 0.2) is 36.4 Å². The van der Waals surface area contributed by atoms with Crippen LogP contribution in [-0.2, 0) is 16.0 Å². The Bertz CT molecular complexity index is 904. The first-order valence-corrected chi connectivity index (χ1v) is 14.2. The van der Waals surface area contributed by atoms with E-state index in [2.05, 4.69) is 29.8 Å². The van der Waals surface area contributed by atoms with Crippen LogP contribution in [-0.4, -0.2) is 36.9 Å². The molecule has 37 heavy (non-hydrogen) atoms. The van der Waals surface area contributed by atoms with Gasteiger partial charge in [0.1, 0.15) is 5.82 Å². The van der Waals surface area contributed by atoms with Crippen LogP contribution in [0.4, 0.5) is 11.5 Å². The van der Waals surface area contributed by atoms with E-state index in [1.54, 1.807) is 0 Å². The highest BCUT2D eigenvalue weighted by molar-refractivity contribution is 5.77. The van der Waals surface area contributed by atoms with Gasteiger partial charge >= 0.3 is 5.97 Å². The zero-order valence-electron chi connectivity index (χ0n) is 23.9. The molecule has 6 heteroatoms. The first-order valence-electron chi connectivity index (χ1n) is 14.2. The fourth-order valence-corrected chi connectivity index (χ4v) is 4.46. The quantitative estimate of drug-likeness (QED) is 0.187. The van der Waals surface area contributed by atoms with Crippen molar-refractivity contribution in [2.75, 3.05) is 30.3 Å². The summed E-state index contributed by atoms with van der Waals surface area (Å²) in [7, 11) is 0. The monoisotopic (exact) mass is 510 g/mol. The molecule has 6 nitrogen and oxygen atoms in total. The molecule has 3 N–H and O–H groups in total. The molecule has 1 aromatic heterocycles. The Balaban J connectivity index is 0.000000519. The average molecular weight is 511 g/mol. The number of nitrogens with two attached hydrogens (primary N) is 1. The van der Waals surface area contributed by atoms with Crippen LogP contribution in [0.2, 0.25) is 0 Å². The molecule has 0 spiro atoms. The third-order valence-electron chi connectivity index (χ3n) is 6.20. The molecule has 0 unspecified atom stereocenters. The molecule has 206 valence electrons. The molecule has 0 amide bonds. The summed E-state index contributed by atoms with van der Waals surface area (Å²) in [5, 5.41) is 6.92. The number of pyridine rings is 1. The Hall–Kier alpha value is -2.89. The van der Waals surface area contributed by atoms with Crippen molar-refractivity contribution in [1.29, 1.82) is 5.41 Å².